The van der Waals surface area contributed by atoms with Crippen molar-refractivity contribution in [3.05, 3.63) is 34.9 Å². The molecule has 1 fully saturated rings. The molecule has 3 nitrogen and oxygen atoms in total. The topological polar surface area (TPSA) is 49.5 Å². The normalized spacial score (nSPS) is 24.4. The quantitative estimate of drug-likeness (QED) is 0.814. The second kappa shape index (κ2) is 4.96. The van der Waals surface area contributed by atoms with Gasteiger partial charge in [0.1, 0.15) is 4.99 Å². The molecule has 1 aliphatic rings. The summed E-state index contributed by atoms with van der Waals surface area (Å²) >= 11 is 4.97. The van der Waals surface area contributed by atoms with Crippen molar-refractivity contribution in [2.45, 2.75) is 32.4 Å². The van der Waals surface area contributed by atoms with Gasteiger partial charge >= 0.3 is 0 Å². The van der Waals surface area contributed by atoms with Gasteiger partial charge in [0.05, 0.1) is 5.60 Å². The van der Waals surface area contributed by atoms with E-state index < -0.39 is 5.60 Å². The summed E-state index contributed by atoms with van der Waals surface area (Å²) in [5.74, 6) is 0. The number of rotatable bonds is 3. The Hall–Kier alpha value is -0.970. The average molecular weight is 264 g/mol. The molecule has 1 aromatic rings. The minimum absolute atomic E-state index is 0.439. The highest BCUT2D eigenvalue weighted by molar-refractivity contribution is 7.80. The van der Waals surface area contributed by atoms with E-state index in [1.807, 2.05) is 19.1 Å². The maximum Gasteiger partial charge on any atom is 0.103 e. The second-order valence-corrected chi connectivity index (χ2v) is 5.90. The number of nitrogens with two attached hydrogens (primary N) is 1. The highest BCUT2D eigenvalue weighted by Crippen LogP contribution is 2.23. The Balaban J connectivity index is 2.09. The monoisotopic (exact) mass is 264 g/mol. The van der Waals surface area contributed by atoms with Crippen LogP contribution in [0.15, 0.2) is 18.2 Å². The number of β-amino-alcohol motifs (C(OH)–C–C–N with tert-alkyl or cyclic N) is 1. The number of hydrogen-bond donors (Lipinski definition) is 2. The predicted molar refractivity (Wildman–Crippen MR) is 77.6 cm³/mol. The van der Waals surface area contributed by atoms with Crippen molar-refractivity contribution < 1.29 is 5.11 Å². The van der Waals surface area contributed by atoms with E-state index in [0.717, 1.165) is 31.6 Å². The first-order valence-electron chi connectivity index (χ1n) is 6.21. The minimum Gasteiger partial charge on any atom is -0.389 e. The highest BCUT2D eigenvalue weighted by Gasteiger charge is 2.31. The maximum absolute atomic E-state index is 9.95. The number of aliphatic hydroxyl groups is 1. The third-order valence-electron chi connectivity index (χ3n) is 3.55. The SMILES string of the molecule is Cc1cc(C(N)=S)ccc1CN1CCC(C)(O)C1. The van der Waals surface area contributed by atoms with Crippen LogP contribution in [0.3, 0.4) is 0 Å². The zero-order chi connectivity index (χ0) is 13.3. The lowest BCUT2D eigenvalue weighted by molar-refractivity contribution is 0.0679. The lowest BCUT2D eigenvalue weighted by atomic mass is 10.0. The van der Waals surface area contributed by atoms with E-state index in [1.165, 1.54) is 11.1 Å². The Morgan fingerprint density at radius 2 is 2.28 bits per heavy atom. The first kappa shape index (κ1) is 13.5. The van der Waals surface area contributed by atoms with E-state index in [0.29, 0.717) is 4.99 Å². The molecule has 0 spiro atoms. The molecular formula is C14H20N2OS. The fourth-order valence-corrected chi connectivity index (χ4v) is 2.57. The van der Waals surface area contributed by atoms with Crippen LogP contribution in [0.2, 0.25) is 0 Å². The summed E-state index contributed by atoms with van der Waals surface area (Å²) < 4.78 is 0. The van der Waals surface area contributed by atoms with Gasteiger partial charge in [-0.25, -0.2) is 0 Å². The van der Waals surface area contributed by atoms with Crippen LogP contribution in [0.1, 0.15) is 30.0 Å². The van der Waals surface area contributed by atoms with Crippen LogP contribution in [0.5, 0.6) is 0 Å². The van der Waals surface area contributed by atoms with E-state index >= 15 is 0 Å². The molecule has 2 rings (SSSR count). The Morgan fingerprint density at radius 1 is 1.56 bits per heavy atom. The lowest BCUT2D eigenvalue weighted by Crippen LogP contribution is -2.29. The van der Waals surface area contributed by atoms with Crippen LogP contribution in [0.4, 0.5) is 0 Å². The van der Waals surface area contributed by atoms with Crippen molar-refractivity contribution >= 4 is 17.2 Å². The van der Waals surface area contributed by atoms with Gasteiger partial charge in [0.2, 0.25) is 0 Å². The van der Waals surface area contributed by atoms with Gasteiger partial charge < -0.3 is 10.8 Å². The third kappa shape index (κ3) is 3.07. The molecule has 1 unspecified atom stereocenters. The summed E-state index contributed by atoms with van der Waals surface area (Å²) in [7, 11) is 0. The molecule has 0 aliphatic carbocycles. The number of hydrogen-bond acceptors (Lipinski definition) is 3. The van der Waals surface area contributed by atoms with Gasteiger partial charge in [0.25, 0.3) is 0 Å². The van der Waals surface area contributed by atoms with E-state index in [9.17, 15) is 5.11 Å². The van der Waals surface area contributed by atoms with Crippen LogP contribution in [-0.4, -0.2) is 33.7 Å². The summed E-state index contributed by atoms with van der Waals surface area (Å²) in [6.45, 7) is 6.54. The van der Waals surface area contributed by atoms with Crippen LogP contribution < -0.4 is 5.73 Å². The van der Waals surface area contributed by atoms with Crippen molar-refractivity contribution in [3.8, 4) is 0 Å². The van der Waals surface area contributed by atoms with Crippen LogP contribution in [0, 0.1) is 6.92 Å². The molecular weight excluding hydrogens is 244 g/mol. The molecule has 18 heavy (non-hydrogen) atoms. The summed E-state index contributed by atoms with van der Waals surface area (Å²) in [4.78, 5) is 2.72. The molecule has 3 N–H and O–H groups in total. The van der Waals surface area contributed by atoms with Gasteiger partial charge in [-0.2, -0.15) is 0 Å². The Labute approximate surface area is 114 Å². The summed E-state index contributed by atoms with van der Waals surface area (Å²) in [6, 6.07) is 6.08. The molecule has 1 atom stereocenters. The molecule has 1 aliphatic heterocycles. The van der Waals surface area contributed by atoms with Crippen LogP contribution in [-0.2, 0) is 6.54 Å². The van der Waals surface area contributed by atoms with E-state index in [2.05, 4.69) is 17.9 Å². The number of thiocarbonyl (C=S) groups is 1. The number of likely N-dealkylation sites (tertiary alicyclic amines) is 1. The van der Waals surface area contributed by atoms with Crippen molar-refractivity contribution in [2.24, 2.45) is 5.73 Å². The van der Waals surface area contributed by atoms with Crippen molar-refractivity contribution in [1.29, 1.82) is 0 Å². The van der Waals surface area contributed by atoms with Gasteiger partial charge in [-0.1, -0.05) is 24.4 Å². The van der Waals surface area contributed by atoms with Gasteiger partial charge in [0.15, 0.2) is 0 Å². The largest absolute Gasteiger partial charge is 0.389 e. The first-order valence-corrected chi connectivity index (χ1v) is 6.62. The highest BCUT2D eigenvalue weighted by atomic mass is 32.1. The number of nitrogens with zero attached hydrogens (tertiary/aromatic N) is 1. The molecule has 1 heterocycles. The van der Waals surface area contributed by atoms with E-state index in [-0.39, 0.29) is 0 Å². The summed E-state index contributed by atoms with van der Waals surface area (Å²) in [5, 5.41) is 9.95. The maximum atomic E-state index is 9.95. The van der Waals surface area contributed by atoms with Gasteiger partial charge in [-0.3, -0.25) is 4.90 Å². The van der Waals surface area contributed by atoms with Crippen molar-refractivity contribution in [2.75, 3.05) is 13.1 Å². The lowest BCUT2D eigenvalue weighted by Gasteiger charge is -2.20. The van der Waals surface area contributed by atoms with Gasteiger partial charge in [-0.05, 0) is 37.5 Å². The van der Waals surface area contributed by atoms with Gasteiger partial charge in [-0.15, -0.1) is 0 Å². The standard InChI is InChI=1S/C14H20N2OS/c1-10-7-11(13(15)18)3-4-12(10)8-16-6-5-14(2,17)9-16/h3-4,7,17H,5-6,8-9H2,1-2H3,(H2,15,18). The molecule has 0 aromatic heterocycles. The van der Waals surface area contributed by atoms with Gasteiger partial charge in [0, 0.05) is 25.2 Å². The number of aryl methyl sites for hydroxylation is 1. The van der Waals surface area contributed by atoms with Crippen molar-refractivity contribution in [3.63, 3.8) is 0 Å². The molecule has 0 bridgehead atoms. The molecule has 1 aromatic carbocycles. The fourth-order valence-electron chi connectivity index (χ4n) is 2.44. The Kier molecular flexibility index (Phi) is 3.71. The zero-order valence-corrected chi connectivity index (χ0v) is 11.8. The van der Waals surface area contributed by atoms with E-state index in [4.69, 9.17) is 18.0 Å². The second-order valence-electron chi connectivity index (χ2n) is 5.46. The molecule has 4 heteroatoms. The molecule has 0 saturated carbocycles. The summed E-state index contributed by atoms with van der Waals surface area (Å²) in [6.07, 6.45) is 0.844. The molecule has 98 valence electrons. The predicted octanol–water partition coefficient (Wildman–Crippen LogP) is 1.59. The van der Waals surface area contributed by atoms with Crippen molar-refractivity contribution in [1.82, 2.24) is 4.90 Å². The smallest absolute Gasteiger partial charge is 0.103 e. The summed E-state index contributed by atoms with van der Waals surface area (Å²) in [5.41, 5.74) is 8.47. The van der Waals surface area contributed by atoms with Crippen LogP contribution in [0.25, 0.3) is 0 Å². The Bertz CT molecular complexity index is 471. The third-order valence-corrected chi connectivity index (χ3v) is 3.79. The number of benzene rings is 1. The zero-order valence-electron chi connectivity index (χ0n) is 10.9. The van der Waals surface area contributed by atoms with Crippen LogP contribution >= 0.6 is 12.2 Å². The molecule has 0 amide bonds. The van der Waals surface area contributed by atoms with E-state index in [1.54, 1.807) is 0 Å². The Morgan fingerprint density at radius 3 is 2.78 bits per heavy atom. The molecule has 0 radical (unpaired) electrons. The fraction of sp³-hybridized carbons (Fsp3) is 0.500. The average Bonchev–Trinajstić information content (AvgIpc) is 2.61. The molecule has 1 saturated heterocycles. The minimum atomic E-state index is -0.535. The first-order chi connectivity index (χ1) is 8.37.